The third-order valence-corrected chi connectivity index (χ3v) is 3.55. The van der Waals surface area contributed by atoms with E-state index in [2.05, 4.69) is 12.2 Å². The summed E-state index contributed by atoms with van der Waals surface area (Å²) in [6, 6.07) is -0.269. The minimum absolute atomic E-state index is 0.0465. The van der Waals surface area contributed by atoms with E-state index in [1.165, 1.54) is 4.90 Å². The average molecular weight is 290 g/mol. The van der Waals surface area contributed by atoms with E-state index in [0.717, 1.165) is 17.9 Å². The van der Waals surface area contributed by atoms with E-state index >= 15 is 0 Å². The van der Waals surface area contributed by atoms with Crippen molar-refractivity contribution in [3.63, 3.8) is 0 Å². The Bertz CT molecular complexity index is 303. The molecular formula is C13H26N2O3S. The van der Waals surface area contributed by atoms with Crippen LogP contribution in [0.5, 0.6) is 0 Å². The van der Waals surface area contributed by atoms with Gasteiger partial charge in [0.15, 0.2) is 0 Å². The molecule has 112 valence electrons. The quantitative estimate of drug-likeness (QED) is 0.706. The Morgan fingerprint density at radius 2 is 1.95 bits per heavy atom. The van der Waals surface area contributed by atoms with E-state index in [1.807, 2.05) is 39.5 Å². The Morgan fingerprint density at radius 1 is 1.37 bits per heavy atom. The molecule has 0 fully saturated rings. The van der Waals surface area contributed by atoms with Crippen LogP contribution in [-0.2, 0) is 4.79 Å². The van der Waals surface area contributed by atoms with Crippen LogP contribution >= 0.6 is 11.8 Å². The van der Waals surface area contributed by atoms with Crippen molar-refractivity contribution in [1.29, 1.82) is 0 Å². The second-order valence-electron chi connectivity index (χ2n) is 5.49. The fourth-order valence-corrected chi connectivity index (χ4v) is 2.32. The van der Waals surface area contributed by atoms with Gasteiger partial charge < -0.3 is 15.3 Å². The normalized spacial score (nSPS) is 12.9. The maximum absolute atomic E-state index is 12.1. The lowest BCUT2D eigenvalue weighted by Crippen LogP contribution is -2.54. The molecule has 0 radical (unpaired) electrons. The molecule has 0 saturated carbocycles. The number of amides is 2. The third kappa shape index (κ3) is 7.97. The number of thioether (sulfide) groups is 1. The lowest BCUT2D eigenvalue weighted by Gasteiger charge is -2.35. The lowest BCUT2D eigenvalue weighted by atomic mass is 10.1. The zero-order valence-electron chi connectivity index (χ0n) is 12.5. The Morgan fingerprint density at radius 3 is 2.37 bits per heavy atom. The van der Waals surface area contributed by atoms with Crippen LogP contribution in [0.15, 0.2) is 0 Å². The smallest absolute Gasteiger partial charge is 0.323 e. The summed E-state index contributed by atoms with van der Waals surface area (Å²) in [5.74, 6) is 1.06. The number of carboxylic acids is 1. The standard InChI is InChI=1S/C13H26N2O3S/c1-6-19-8-7-10(2)14-12(18)15(9-11(16)17)13(3,4)5/h10H,6-9H2,1-5H3,(H,14,18)(H,16,17). The molecule has 2 N–H and O–H groups in total. The van der Waals surface area contributed by atoms with Gasteiger partial charge in [-0.25, -0.2) is 4.79 Å². The van der Waals surface area contributed by atoms with Crippen LogP contribution in [-0.4, -0.2) is 51.6 Å². The van der Waals surface area contributed by atoms with Crippen LogP contribution in [0.3, 0.4) is 0 Å². The van der Waals surface area contributed by atoms with Crippen molar-refractivity contribution >= 4 is 23.8 Å². The maximum Gasteiger partial charge on any atom is 0.323 e. The van der Waals surface area contributed by atoms with Gasteiger partial charge in [-0.2, -0.15) is 11.8 Å². The van der Waals surface area contributed by atoms with Gasteiger partial charge in [-0.3, -0.25) is 4.79 Å². The van der Waals surface area contributed by atoms with Crippen molar-refractivity contribution in [2.24, 2.45) is 0 Å². The van der Waals surface area contributed by atoms with Gasteiger partial charge in [-0.15, -0.1) is 0 Å². The second kappa shape index (κ2) is 8.30. The van der Waals surface area contributed by atoms with E-state index in [1.54, 1.807) is 0 Å². The first-order chi connectivity index (χ1) is 8.68. The number of carbonyl (C=O) groups is 2. The number of hydrogen-bond donors (Lipinski definition) is 2. The monoisotopic (exact) mass is 290 g/mol. The number of aliphatic carboxylic acids is 1. The Kier molecular flexibility index (Phi) is 7.90. The maximum atomic E-state index is 12.1. The highest BCUT2D eigenvalue weighted by Crippen LogP contribution is 2.13. The van der Waals surface area contributed by atoms with Crippen LogP contribution in [0.4, 0.5) is 4.79 Å². The molecule has 0 aliphatic rings. The minimum Gasteiger partial charge on any atom is -0.480 e. The van der Waals surface area contributed by atoms with E-state index < -0.39 is 11.5 Å². The summed E-state index contributed by atoms with van der Waals surface area (Å²) < 4.78 is 0. The first-order valence-corrected chi connectivity index (χ1v) is 7.71. The molecule has 0 rings (SSSR count). The molecule has 1 unspecified atom stereocenters. The molecule has 2 amide bonds. The third-order valence-electron chi connectivity index (χ3n) is 2.62. The SMILES string of the molecule is CCSCCC(C)NC(=O)N(CC(=O)O)C(C)(C)C. The number of urea groups is 1. The van der Waals surface area contributed by atoms with Gasteiger partial charge in [0.25, 0.3) is 0 Å². The fourth-order valence-electron chi connectivity index (χ4n) is 1.51. The molecule has 0 aromatic rings. The van der Waals surface area contributed by atoms with E-state index in [4.69, 9.17) is 5.11 Å². The zero-order chi connectivity index (χ0) is 15.1. The highest BCUT2D eigenvalue weighted by atomic mass is 32.2. The van der Waals surface area contributed by atoms with Crippen LogP contribution in [0.1, 0.15) is 41.0 Å². The average Bonchev–Trinajstić information content (AvgIpc) is 2.24. The second-order valence-corrected chi connectivity index (χ2v) is 6.88. The molecule has 19 heavy (non-hydrogen) atoms. The molecule has 0 spiro atoms. The number of nitrogens with zero attached hydrogens (tertiary/aromatic N) is 1. The van der Waals surface area contributed by atoms with Crippen LogP contribution in [0, 0.1) is 0 Å². The van der Waals surface area contributed by atoms with Gasteiger partial charge in [-0.05, 0) is 45.6 Å². The van der Waals surface area contributed by atoms with Gasteiger partial charge in [0.2, 0.25) is 0 Å². The molecule has 5 nitrogen and oxygen atoms in total. The summed E-state index contributed by atoms with van der Waals surface area (Å²) >= 11 is 1.83. The highest BCUT2D eigenvalue weighted by Gasteiger charge is 2.28. The van der Waals surface area contributed by atoms with Crippen molar-refractivity contribution in [3.8, 4) is 0 Å². The largest absolute Gasteiger partial charge is 0.480 e. The number of carboxylic acid groups (broad SMARTS) is 1. The fraction of sp³-hybridized carbons (Fsp3) is 0.846. The molecule has 6 heteroatoms. The molecule has 0 heterocycles. The van der Waals surface area contributed by atoms with Crippen molar-refractivity contribution in [1.82, 2.24) is 10.2 Å². The number of hydrogen-bond acceptors (Lipinski definition) is 3. The summed E-state index contributed by atoms with van der Waals surface area (Å²) in [7, 11) is 0. The zero-order valence-corrected chi connectivity index (χ0v) is 13.3. The highest BCUT2D eigenvalue weighted by molar-refractivity contribution is 7.99. The summed E-state index contributed by atoms with van der Waals surface area (Å²) in [6.07, 6.45) is 0.884. The number of rotatable bonds is 7. The van der Waals surface area contributed by atoms with Gasteiger partial charge in [0, 0.05) is 11.6 Å². The van der Waals surface area contributed by atoms with Gasteiger partial charge in [0.05, 0.1) is 0 Å². The van der Waals surface area contributed by atoms with Crippen molar-refractivity contribution < 1.29 is 14.7 Å². The molecule has 0 aliphatic carbocycles. The predicted octanol–water partition coefficient (Wildman–Crippen LogP) is 2.41. The van der Waals surface area contributed by atoms with Crippen molar-refractivity contribution in [2.45, 2.75) is 52.6 Å². The molecule has 1 atom stereocenters. The van der Waals surface area contributed by atoms with E-state index in [-0.39, 0.29) is 18.6 Å². The Balaban J connectivity index is 4.43. The number of nitrogens with one attached hydrogen (secondary N) is 1. The minimum atomic E-state index is -1.00. The molecule has 0 aliphatic heterocycles. The Labute approximate surface area is 120 Å². The molecule has 0 saturated heterocycles. The Hall–Kier alpha value is -0.910. The first-order valence-electron chi connectivity index (χ1n) is 6.56. The predicted molar refractivity (Wildman–Crippen MR) is 79.7 cm³/mol. The summed E-state index contributed by atoms with van der Waals surface area (Å²) in [6.45, 7) is 9.23. The van der Waals surface area contributed by atoms with Crippen LogP contribution in [0.2, 0.25) is 0 Å². The first kappa shape index (κ1) is 18.1. The summed E-state index contributed by atoms with van der Waals surface area (Å²) in [5, 5.41) is 11.7. The van der Waals surface area contributed by atoms with Gasteiger partial charge in [0.1, 0.15) is 6.54 Å². The summed E-state index contributed by atoms with van der Waals surface area (Å²) in [5.41, 5.74) is -0.514. The van der Waals surface area contributed by atoms with Crippen molar-refractivity contribution in [2.75, 3.05) is 18.1 Å². The molecule has 0 bridgehead atoms. The summed E-state index contributed by atoms with van der Waals surface area (Å²) in [4.78, 5) is 24.3. The molecule has 0 aromatic carbocycles. The molecule has 0 aromatic heterocycles. The van der Waals surface area contributed by atoms with E-state index in [0.29, 0.717) is 0 Å². The number of carbonyl (C=O) groups excluding carboxylic acids is 1. The van der Waals surface area contributed by atoms with Crippen LogP contribution < -0.4 is 5.32 Å². The topological polar surface area (TPSA) is 69.6 Å². The molecular weight excluding hydrogens is 264 g/mol. The van der Waals surface area contributed by atoms with Gasteiger partial charge in [-0.1, -0.05) is 6.92 Å². The van der Waals surface area contributed by atoms with Gasteiger partial charge >= 0.3 is 12.0 Å². The lowest BCUT2D eigenvalue weighted by molar-refractivity contribution is -0.138. The van der Waals surface area contributed by atoms with Crippen LogP contribution in [0.25, 0.3) is 0 Å². The van der Waals surface area contributed by atoms with E-state index in [9.17, 15) is 9.59 Å². The van der Waals surface area contributed by atoms with Crippen molar-refractivity contribution in [3.05, 3.63) is 0 Å².